The van der Waals surface area contributed by atoms with Crippen molar-refractivity contribution in [3.8, 4) is 0 Å². The summed E-state index contributed by atoms with van der Waals surface area (Å²) in [6.45, 7) is 6.16. The number of nitrogens with one attached hydrogen (secondary N) is 1. The fourth-order valence-electron chi connectivity index (χ4n) is 1.62. The van der Waals surface area contributed by atoms with Crippen LogP contribution in [-0.2, 0) is 0 Å². The second-order valence-corrected chi connectivity index (χ2v) is 3.26. The third-order valence-electron chi connectivity index (χ3n) is 2.33. The van der Waals surface area contributed by atoms with E-state index >= 15 is 0 Å². The van der Waals surface area contributed by atoms with Gasteiger partial charge in [-0.3, -0.25) is 5.32 Å². The first-order valence-electron chi connectivity index (χ1n) is 5.27. The van der Waals surface area contributed by atoms with Crippen molar-refractivity contribution in [3.63, 3.8) is 0 Å². The molecule has 3 unspecified atom stereocenters. The molecule has 0 radical (unpaired) electrons. The number of aliphatic hydroxyl groups is 1. The quantitative estimate of drug-likeness (QED) is 0.655. The van der Waals surface area contributed by atoms with Crippen molar-refractivity contribution in [2.75, 3.05) is 6.61 Å². The van der Waals surface area contributed by atoms with E-state index in [1.54, 1.807) is 0 Å². The first-order chi connectivity index (χ1) is 6.26. The molecule has 1 heterocycles. The van der Waals surface area contributed by atoms with Crippen molar-refractivity contribution < 1.29 is 9.50 Å². The minimum atomic E-state index is -0.911. The maximum Gasteiger partial charge on any atom is 0.151 e. The maximum atomic E-state index is 12.8. The summed E-state index contributed by atoms with van der Waals surface area (Å²) in [7, 11) is 0. The number of piperidine rings is 1. The predicted octanol–water partition coefficient (Wildman–Crippen LogP) is 2.08. The number of rotatable bonds is 2. The molecule has 13 heavy (non-hydrogen) atoms. The highest BCUT2D eigenvalue weighted by molar-refractivity contribution is 4.79. The molecule has 80 valence electrons. The summed E-state index contributed by atoms with van der Waals surface area (Å²) < 4.78 is 12.8. The zero-order valence-corrected chi connectivity index (χ0v) is 8.89. The molecule has 0 aliphatic carbocycles. The summed E-state index contributed by atoms with van der Waals surface area (Å²) >= 11 is 0. The van der Waals surface area contributed by atoms with Crippen LogP contribution in [-0.4, -0.2) is 24.1 Å². The SMILES string of the molecule is CC.CCC1CC(CO)CC(F)N1. The molecule has 3 heteroatoms. The molecule has 1 rings (SSSR count). The molecule has 1 saturated heterocycles. The smallest absolute Gasteiger partial charge is 0.151 e. The van der Waals surface area contributed by atoms with Gasteiger partial charge in [-0.1, -0.05) is 20.8 Å². The fraction of sp³-hybridized carbons (Fsp3) is 1.00. The Morgan fingerprint density at radius 1 is 1.38 bits per heavy atom. The molecule has 0 amide bonds. The van der Waals surface area contributed by atoms with Crippen molar-refractivity contribution >= 4 is 0 Å². The molecule has 1 aliphatic heterocycles. The summed E-state index contributed by atoms with van der Waals surface area (Å²) in [5.41, 5.74) is 0. The van der Waals surface area contributed by atoms with E-state index in [1.165, 1.54) is 0 Å². The van der Waals surface area contributed by atoms with Gasteiger partial charge in [-0.05, 0) is 25.2 Å². The van der Waals surface area contributed by atoms with Gasteiger partial charge in [-0.15, -0.1) is 0 Å². The van der Waals surface area contributed by atoms with Gasteiger partial charge in [-0.2, -0.15) is 0 Å². The van der Waals surface area contributed by atoms with Crippen LogP contribution >= 0.6 is 0 Å². The standard InChI is InChI=1S/C8H16FNO.C2H6/c1-2-7-3-6(5-11)4-8(9)10-7;1-2/h6-8,10-11H,2-5H2,1H3;1-2H3. The Balaban J connectivity index is 0.000000671. The summed E-state index contributed by atoms with van der Waals surface area (Å²) in [5, 5.41) is 11.7. The minimum absolute atomic E-state index is 0.124. The van der Waals surface area contributed by atoms with Gasteiger partial charge in [0.05, 0.1) is 0 Å². The summed E-state index contributed by atoms with van der Waals surface area (Å²) in [5.74, 6) is 0.163. The van der Waals surface area contributed by atoms with Crippen molar-refractivity contribution in [1.29, 1.82) is 0 Å². The molecule has 0 saturated carbocycles. The van der Waals surface area contributed by atoms with Crippen LogP contribution in [0.25, 0.3) is 0 Å². The van der Waals surface area contributed by atoms with Gasteiger partial charge in [0.25, 0.3) is 0 Å². The van der Waals surface area contributed by atoms with E-state index in [2.05, 4.69) is 5.32 Å². The highest BCUT2D eigenvalue weighted by Gasteiger charge is 2.26. The molecule has 1 fully saturated rings. The Morgan fingerprint density at radius 2 is 2.00 bits per heavy atom. The number of alkyl halides is 1. The molecule has 2 N–H and O–H groups in total. The van der Waals surface area contributed by atoms with E-state index in [1.807, 2.05) is 20.8 Å². The first-order valence-corrected chi connectivity index (χ1v) is 5.27. The van der Waals surface area contributed by atoms with Gasteiger partial charge in [-0.25, -0.2) is 4.39 Å². The Hall–Kier alpha value is -0.150. The summed E-state index contributed by atoms with van der Waals surface area (Å²) in [6.07, 6.45) is 1.41. The van der Waals surface area contributed by atoms with Gasteiger partial charge in [0.1, 0.15) is 0 Å². The Labute approximate surface area is 80.5 Å². The normalized spacial score (nSPS) is 33.5. The zero-order valence-electron chi connectivity index (χ0n) is 8.89. The van der Waals surface area contributed by atoms with Gasteiger partial charge >= 0.3 is 0 Å². The molecule has 2 nitrogen and oxygen atoms in total. The average molecular weight is 191 g/mol. The Morgan fingerprint density at radius 3 is 2.46 bits per heavy atom. The lowest BCUT2D eigenvalue weighted by Gasteiger charge is -2.31. The lowest BCUT2D eigenvalue weighted by Crippen LogP contribution is -2.43. The predicted molar refractivity (Wildman–Crippen MR) is 53.3 cm³/mol. The van der Waals surface area contributed by atoms with Crippen molar-refractivity contribution in [2.24, 2.45) is 5.92 Å². The molecular formula is C10H22FNO. The highest BCUT2D eigenvalue weighted by Crippen LogP contribution is 2.21. The second kappa shape index (κ2) is 7.27. The topological polar surface area (TPSA) is 32.3 Å². The van der Waals surface area contributed by atoms with Crippen LogP contribution in [0.4, 0.5) is 4.39 Å². The molecule has 1 aliphatic rings. The third-order valence-corrected chi connectivity index (χ3v) is 2.33. The van der Waals surface area contributed by atoms with E-state index < -0.39 is 6.30 Å². The minimum Gasteiger partial charge on any atom is -0.396 e. The Bertz CT molecular complexity index is 109. The zero-order chi connectivity index (χ0) is 10.3. The maximum absolute atomic E-state index is 12.8. The lowest BCUT2D eigenvalue weighted by atomic mass is 9.91. The molecule has 0 bridgehead atoms. The van der Waals surface area contributed by atoms with Gasteiger partial charge in [0.2, 0.25) is 0 Å². The fourth-order valence-corrected chi connectivity index (χ4v) is 1.62. The van der Waals surface area contributed by atoms with E-state index in [4.69, 9.17) is 5.11 Å². The second-order valence-electron chi connectivity index (χ2n) is 3.26. The largest absolute Gasteiger partial charge is 0.396 e. The van der Waals surface area contributed by atoms with Gasteiger partial charge < -0.3 is 5.11 Å². The number of hydrogen-bond donors (Lipinski definition) is 2. The van der Waals surface area contributed by atoms with Crippen LogP contribution in [0.3, 0.4) is 0 Å². The third kappa shape index (κ3) is 4.58. The van der Waals surface area contributed by atoms with Gasteiger partial charge in [0, 0.05) is 12.6 Å². The lowest BCUT2D eigenvalue weighted by molar-refractivity contribution is 0.0963. The van der Waals surface area contributed by atoms with Crippen LogP contribution in [0.1, 0.15) is 40.0 Å². The highest BCUT2D eigenvalue weighted by atomic mass is 19.1. The molecule has 0 spiro atoms. The van der Waals surface area contributed by atoms with Gasteiger partial charge in [0.15, 0.2) is 6.30 Å². The number of hydrogen-bond acceptors (Lipinski definition) is 2. The summed E-state index contributed by atoms with van der Waals surface area (Å²) in [6, 6.07) is 0.260. The van der Waals surface area contributed by atoms with Crippen LogP contribution < -0.4 is 5.32 Å². The first kappa shape index (κ1) is 12.8. The molecule has 3 atom stereocenters. The molecular weight excluding hydrogens is 169 g/mol. The summed E-state index contributed by atoms with van der Waals surface area (Å²) in [4.78, 5) is 0. The van der Waals surface area contributed by atoms with E-state index in [9.17, 15) is 4.39 Å². The Kier molecular flexibility index (Phi) is 7.19. The van der Waals surface area contributed by atoms with E-state index in [0.717, 1.165) is 12.8 Å². The van der Waals surface area contributed by atoms with Crippen molar-refractivity contribution in [2.45, 2.75) is 52.4 Å². The molecule has 0 aromatic carbocycles. The van der Waals surface area contributed by atoms with Crippen molar-refractivity contribution in [1.82, 2.24) is 5.32 Å². The van der Waals surface area contributed by atoms with Crippen LogP contribution in [0, 0.1) is 5.92 Å². The van der Waals surface area contributed by atoms with Crippen LogP contribution in [0.2, 0.25) is 0 Å². The van der Waals surface area contributed by atoms with Crippen LogP contribution in [0.5, 0.6) is 0 Å². The molecule has 0 aromatic rings. The molecule has 0 aromatic heterocycles. The van der Waals surface area contributed by atoms with E-state index in [0.29, 0.717) is 6.42 Å². The van der Waals surface area contributed by atoms with Crippen LogP contribution in [0.15, 0.2) is 0 Å². The number of halogens is 1. The monoisotopic (exact) mass is 191 g/mol. The number of aliphatic hydroxyl groups excluding tert-OH is 1. The van der Waals surface area contributed by atoms with E-state index in [-0.39, 0.29) is 18.6 Å². The average Bonchev–Trinajstić information content (AvgIpc) is 2.20. The van der Waals surface area contributed by atoms with Crippen molar-refractivity contribution in [3.05, 3.63) is 0 Å².